The van der Waals surface area contributed by atoms with E-state index < -0.39 is 21.7 Å². The van der Waals surface area contributed by atoms with Crippen molar-refractivity contribution in [3.63, 3.8) is 0 Å². The molecule has 11 heteroatoms. The molecule has 146 valence electrons. The lowest BCUT2D eigenvalue weighted by atomic mass is 10.3. The van der Waals surface area contributed by atoms with Crippen molar-refractivity contribution >= 4 is 44.6 Å². The van der Waals surface area contributed by atoms with Gasteiger partial charge in [-0.25, -0.2) is 17.2 Å². The molecule has 6 nitrogen and oxygen atoms in total. The van der Waals surface area contributed by atoms with E-state index in [1.807, 2.05) is 0 Å². The maximum absolute atomic E-state index is 13.2. The average molecular weight is 436 g/mol. The second-order valence-corrected chi connectivity index (χ2v) is 9.80. The predicted octanol–water partition coefficient (Wildman–Crippen LogP) is 2.62. The predicted molar refractivity (Wildman–Crippen MR) is 99.5 cm³/mol. The van der Waals surface area contributed by atoms with Crippen molar-refractivity contribution in [3.8, 4) is 0 Å². The number of hydrogen-bond donors (Lipinski definition) is 1. The van der Waals surface area contributed by atoms with Crippen LogP contribution in [0.5, 0.6) is 0 Å². The van der Waals surface area contributed by atoms with E-state index in [0.29, 0.717) is 17.4 Å². The first-order chi connectivity index (χ1) is 12.8. The molecular formula is C16H16ClF2N3O3S2. The fraction of sp³-hybridized carbons (Fsp3) is 0.312. The number of sulfonamides is 1. The first kappa shape index (κ1) is 20.2. The second kappa shape index (κ2) is 8.19. The minimum absolute atomic E-state index is 0.0255. The lowest BCUT2D eigenvalue weighted by molar-refractivity contribution is -0.117. The SMILES string of the molecule is O=C(CN1CCN(S(=O)(=O)c2ccc(Cl)s2)CC1)Nc1ccc(F)c(F)c1. The molecule has 0 atom stereocenters. The number of halogens is 3. The number of hydrogen-bond acceptors (Lipinski definition) is 5. The van der Waals surface area contributed by atoms with Crippen molar-refractivity contribution in [1.29, 1.82) is 0 Å². The lowest BCUT2D eigenvalue weighted by Gasteiger charge is -2.33. The third-order valence-electron chi connectivity index (χ3n) is 4.04. The van der Waals surface area contributed by atoms with Gasteiger partial charge in [0.15, 0.2) is 11.6 Å². The molecule has 1 saturated heterocycles. The minimum atomic E-state index is -3.59. The summed E-state index contributed by atoms with van der Waals surface area (Å²) in [4.78, 5) is 13.9. The van der Waals surface area contributed by atoms with Crippen molar-refractivity contribution in [2.75, 3.05) is 38.0 Å². The van der Waals surface area contributed by atoms with Crippen LogP contribution in [0.3, 0.4) is 0 Å². The van der Waals surface area contributed by atoms with Crippen LogP contribution in [0.4, 0.5) is 14.5 Å². The largest absolute Gasteiger partial charge is 0.325 e. The van der Waals surface area contributed by atoms with Crippen LogP contribution in [0.1, 0.15) is 0 Å². The van der Waals surface area contributed by atoms with Gasteiger partial charge in [-0.1, -0.05) is 11.6 Å². The van der Waals surface area contributed by atoms with Crippen LogP contribution in [-0.2, 0) is 14.8 Å². The molecule has 1 amide bonds. The van der Waals surface area contributed by atoms with E-state index in [-0.39, 0.29) is 35.4 Å². The van der Waals surface area contributed by atoms with Crippen LogP contribution in [0.15, 0.2) is 34.5 Å². The highest BCUT2D eigenvalue weighted by atomic mass is 35.5. The fourth-order valence-corrected chi connectivity index (χ4v) is 5.73. The fourth-order valence-electron chi connectivity index (χ4n) is 2.67. The van der Waals surface area contributed by atoms with Gasteiger partial charge in [0.05, 0.1) is 10.9 Å². The summed E-state index contributed by atoms with van der Waals surface area (Å²) in [6, 6.07) is 6.13. The van der Waals surface area contributed by atoms with Crippen LogP contribution in [0.25, 0.3) is 0 Å². The van der Waals surface area contributed by atoms with Gasteiger partial charge < -0.3 is 5.32 Å². The Kier molecular flexibility index (Phi) is 6.11. The number of anilines is 1. The van der Waals surface area contributed by atoms with Crippen molar-refractivity contribution in [1.82, 2.24) is 9.21 Å². The van der Waals surface area contributed by atoms with Crippen molar-refractivity contribution < 1.29 is 22.0 Å². The zero-order chi connectivity index (χ0) is 19.6. The number of piperazine rings is 1. The highest BCUT2D eigenvalue weighted by molar-refractivity contribution is 7.91. The molecule has 1 aromatic carbocycles. The van der Waals surface area contributed by atoms with E-state index in [4.69, 9.17) is 11.6 Å². The van der Waals surface area contributed by atoms with Gasteiger partial charge in [-0.05, 0) is 24.3 Å². The molecule has 0 spiro atoms. The topological polar surface area (TPSA) is 69.7 Å². The summed E-state index contributed by atoms with van der Waals surface area (Å²) in [6.07, 6.45) is 0. The monoisotopic (exact) mass is 435 g/mol. The molecule has 1 N–H and O–H groups in total. The summed E-state index contributed by atoms with van der Waals surface area (Å²) in [5.41, 5.74) is 0.162. The summed E-state index contributed by atoms with van der Waals surface area (Å²) in [6.45, 7) is 1.28. The molecule has 0 aliphatic carbocycles. The summed E-state index contributed by atoms with van der Waals surface area (Å²) >= 11 is 6.81. The van der Waals surface area contributed by atoms with Gasteiger partial charge in [-0.15, -0.1) is 11.3 Å². The van der Waals surface area contributed by atoms with Crippen LogP contribution in [-0.4, -0.2) is 56.3 Å². The Labute approximate surface area is 164 Å². The van der Waals surface area contributed by atoms with E-state index >= 15 is 0 Å². The zero-order valence-corrected chi connectivity index (χ0v) is 16.4. The molecule has 27 heavy (non-hydrogen) atoms. The molecule has 0 unspecified atom stereocenters. The van der Waals surface area contributed by atoms with Crippen LogP contribution < -0.4 is 5.32 Å². The average Bonchev–Trinajstić information content (AvgIpc) is 3.06. The third kappa shape index (κ3) is 4.82. The maximum atomic E-state index is 13.2. The van der Waals surface area contributed by atoms with Crippen LogP contribution in [0, 0.1) is 11.6 Å². The number of benzene rings is 1. The highest BCUT2D eigenvalue weighted by Crippen LogP contribution is 2.28. The number of amides is 1. The number of nitrogens with one attached hydrogen (secondary N) is 1. The van der Waals surface area contributed by atoms with Gasteiger partial charge in [0, 0.05) is 37.9 Å². The van der Waals surface area contributed by atoms with E-state index in [0.717, 1.165) is 23.5 Å². The van der Waals surface area contributed by atoms with Gasteiger partial charge >= 0.3 is 0 Å². The Hall–Kier alpha value is -1.59. The Morgan fingerprint density at radius 1 is 1.11 bits per heavy atom. The maximum Gasteiger partial charge on any atom is 0.252 e. The quantitative estimate of drug-likeness (QED) is 0.783. The smallest absolute Gasteiger partial charge is 0.252 e. The molecule has 2 aromatic rings. The minimum Gasteiger partial charge on any atom is -0.325 e. The second-order valence-electron chi connectivity index (χ2n) is 5.92. The van der Waals surface area contributed by atoms with Gasteiger partial charge in [-0.2, -0.15) is 4.31 Å². The summed E-state index contributed by atoms with van der Waals surface area (Å²) in [5, 5.41) is 2.50. The zero-order valence-electron chi connectivity index (χ0n) is 14.0. The Morgan fingerprint density at radius 3 is 2.41 bits per heavy atom. The summed E-state index contributed by atoms with van der Waals surface area (Å²) in [7, 11) is -3.59. The standard InChI is InChI=1S/C16H16ClF2N3O3S2/c17-14-3-4-16(26-14)27(24,25)22-7-5-21(6-8-22)10-15(23)20-11-1-2-12(18)13(19)9-11/h1-4,9H,5-8,10H2,(H,20,23). The van der Waals surface area contributed by atoms with Crippen molar-refractivity contribution in [2.24, 2.45) is 0 Å². The number of nitrogens with zero attached hydrogens (tertiary/aromatic N) is 2. The van der Waals surface area contributed by atoms with Crippen LogP contribution in [0.2, 0.25) is 4.34 Å². The summed E-state index contributed by atoms with van der Waals surface area (Å²) in [5.74, 6) is -2.42. The number of carbonyl (C=O) groups excluding carboxylic acids is 1. The molecule has 1 fully saturated rings. The molecule has 1 aliphatic rings. The molecular weight excluding hydrogens is 420 g/mol. The molecule has 1 aliphatic heterocycles. The van der Waals surface area contributed by atoms with E-state index in [1.165, 1.54) is 22.5 Å². The molecule has 3 rings (SSSR count). The Bertz CT molecular complexity index is 944. The van der Waals surface area contributed by atoms with Crippen LogP contribution >= 0.6 is 22.9 Å². The first-order valence-electron chi connectivity index (χ1n) is 7.98. The molecule has 0 radical (unpaired) electrons. The number of carbonyl (C=O) groups is 1. The van der Waals surface area contributed by atoms with Gasteiger partial charge in [0.1, 0.15) is 4.21 Å². The van der Waals surface area contributed by atoms with Gasteiger partial charge in [-0.3, -0.25) is 9.69 Å². The molecule has 2 heterocycles. The van der Waals surface area contributed by atoms with E-state index in [2.05, 4.69) is 5.32 Å². The van der Waals surface area contributed by atoms with Crippen molar-refractivity contribution in [3.05, 3.63) is 46.3 Å². The highest BCUT2D eigenvalue weighted by Gasteiger charge is 2.30. The summed E-state index contributed by atoms with van der Waals surface area (Å²) < 4.78 is 53.1. The molecule has 0 bridgehead atoms. The van der Waals surface area contributed by atoms with Crippen molar-refractivity contribution in [2.45, 2.75) is 4.21 Å². The Morgan fingerprint density at radius 2 is 1.81 bits per heavy atom. The number of thiophene rings is 1. The van der Waals surface area contributed by atoms with E-state index in [9.17, 15) is 22.0 Å². The van der Waals surface area contributed by atoms with Gasteiger partial charge in [0.2, 0.25) is 5.91 Å². The van der Waals surface area contributed by atoms with E-state index in [1.54, 1.807) is 4.90 Å². The molecule has 0 saturated carbocycles. The Balaban J connectivity index is 1.53. The first-order valence-corrected chi connectivity index (χ1v) is 10.6. The number of rotatable bonds is 5. The lowest BCUT2D eigenvalue weighted by Crippen LogP contribution is -2.50. The normalized spacial score (nSPS) is 16.4. The van der Waals surface area contributed by atoms with Gasteiger partial charge in [0.25, 0.3) is 10.0 Å². The molecule has 1 aromatic heterocycles. The third-order valence-corrected chi connectivity index (χ3v) is 7.64.